The molecule has 0 N–H and O–H groups in total. The minimum Gasteiger partial charge on any atom is -0.455 e. The molecule has 1 radical (unpaired) electrons. The van der Waals surface area contributed by atoms with Gasteiger partial charge in [-0.3, -0.25) is 4.79 Å². The van der Waals surface area contributed by atoms with Gasteiger partial charge in [-0.05, 0) is 20.3 Å². The van der Waals surface area contributed by atoms with Gasteiger partial charge >= 0.3 is 5.97 Å². The summed E-state index contributed by atoms with van der Waals surface area (Å²) in [6.07, 6.45) is 2.09. The molecule has 0 spiro atoms. The first-order valence-electron chi connectivity index (χ1n) is 3.17. The Labute approximate surface area is 56.2 Å². The SMILES string of the molecule is CCCC(=O)O[C](C)C. The highest BCUT2D eigenvalue weighted by Gasteiger charge is 2.02. The molecule has 0 aromatic rings. The first-order valence-corrected chi connectivity index (χ1v) is 3.17. The van der Waals surface area contributed by atoms with E-state index in [1.54, 1.807) is 13.8 Å². The molecule has 0 saturated carbocycles. The molecule has 0 heterocycles. The van der Waals surface area contributed by atoms with E-state index in [2.05, 4.69) is 0 Å². The van der Waals surface area contributed by atoms with Crippen LogP contribution in [-0.2, 0) is 9.53 Å². The molecule has 0 bridgehead atoms. The molecule has 0 unspecified atom stereocenters. The number of esters is 1. The molecule has 2 heteroatoms. The molecule has 53 valence electrons. The van der Waals surface area contributed by atoms with Gasteiger partial charge < -0.3 is 4.74 Å². The lowest BCUT2D eigenvalue weighted by molar-refractivity contribution is -0.142. The second-order valence-corrected chi connectivity index (χ2v) is 2.13. The van der Waals surface area contributed by atoms with Crippen LogP contribution in [0.3, 0.4) is 0 Å². The van der Waals surface area contributed by atoms with Crippen molar-refractivity contribution >= 4 is 5.97 Å². The van der Waals surface area contributed by atoms with Crippen LogP contribution < -0.4 is 0 Å². The highest BCUT2D eigenvalue weighted by Crippen LogP contribution is 2.01. The Morgan fingerprint density at radius 3 is 2.33 bits per heavy atom. The van der Waals surface area contributed by atoms with E-state index in [0.29, 0.717) is 12.5 Å². The number of carbonyl (C=O) groups is 1. The quantitative estimate of drug-likeness (QED) is 0.544. The summed E-state index contributed by atoms with van der Waals surface area (Å²) >= 11 is 0. The summed E-state index contributed by atoms with van der Waals surface area (Å²) in [7, 11) is 0. The Morgan fingerprint density at radius 2 is 2.00 bits per heavy atom. The largest absolute Gasteiger partial charge is 0.455 e. The molecule has 0 aliphatic rings. The Bertz CT molecular complexity index is 86.9. The monoisotopic (exact) mass is 129 g/mol. The van der Waals surface area contributed by atoms with Crippen LogP contribution in [0.5, 0.6) is 0 Å². The van der Waals surface area contributed by atoms with Crippen molar-refractivity contribution in [1.82, 2.24) is 0 Å². The van der Waals surface area contributed by atoms with Crippen molar-refractivity contribution < 1.29 is 9.53 Å². The summed E-state index contributed by atoms with van der Waals surface area (Å²) in [5.74, 6) is -0.127. The third-order valence-electron chi connectivity index (χ3n) is 0.772. The normalized spacial score (nSPS) is 9.78. The van der Waals surface area contributed by atoms with Crippen LogP contribution in [-0.4, -0.2) is 5.97 Å². The lowest BCUT2D eigenvalue weighted by Crippen LogP contribution is -2.04. The number of carbonyl (C=O) groups excluding carboxylic acids is 1. The van der Waals surface area contributed by atoms with Gasteiger partial charge in [0.05, 0.1) is 0 Å². The standard InChI is InChI=1S/C7H13O2/c1-4-5-7(8)9-6(2)3/h4-5H2,1-3H3. The van der Waals surface area contributed by atoms with E-state index >= 15 is 0 Å². The molecule has 2 nitrogen and oxygen atoms in total. The molecule has 0 atom stereocenters. The van der Waals surface area contributed by atoms with Crippen LogP contribution in [0.2, 0.25) is 0 Å². The Kier molecular flexibility index (Phi) is 4.10. The number of rotatable bonds is 3. The molecular weight excluding hydrogens is 116 g/mol. The molecule has 0 aromatic carbocycles. The lowest BCUT2D eigenvalue weighted by atomic mass is 10.3. The molecule has 0 aliphatic carbocycles. The van der Waals surface area contributed by atoms with Crippen molar-refractivity contribution in [2.24, 2.45) is 0 Å². The van der Waals surface area contributed by atoms with Crippen LogP contribution in [0.4, 0.5) is 0 Å². The highest BCUT2D eigenvalue weighted by atomic mass is 16.5. The van der Waals surface area contributed by atoms with Gasteiger partial charge in [0, 0.05) is 6.42 Å². The summed E-state index contributed by atoms with van der Waals surface area (Å²) in [6.45, 7) is 5.49. The molecule has 0 rings (SSSR count). The van der Waals surface area contributed by atoms with Crippen molar-refractivity contribution in [1.29, 1.82) is 0 Å². The van der Waals surface area contributed by atoms with Crippen LogP contribution in [0.1, 0.15) is 33.6 Å². The van der Waals surface area contributed by atoms with E-state index in [4.69, 9.17) is 4.74 Å². The summed E-state index contributed by atoms with van der Waals surface area (Å²) in [4.78, 5) is 10.6. The van der Waals surface area contributed by atoms with Gasteiger partial charge in [-0.25, -0.2) is 0 Å². The summed E-state index contributed by atoms with van der Waals surface area (Å²) in [5, 5.41) is 0. The van der Waals surface area contributed by atoms with E-state index in [0.717, 1.165) is 6.42 Å². The Balaban J connectivity index is 3.27. The fourth-order valence-electron chi connectivity index (χ4n) is 0.483. The zero-order valence-corrected chi connectivity index (χ0v) is 6.23. The fourth-order valence-corrected chi connectivity index (χ4v) is 0.483. The zero-order valence-electron chi connectivity index (χ0n) is 6.23. The number of hydrogen-bond donors (Lipinski definition) is 0. The summed E-state index contributed by atoms with van der Waals surface area (Å²) in [5.41, 5.74) is 0. The van der Waals surface area contributed by atoms with Crippen LogP contribution in [0.15, 0.2) is 0 Å². The first kappa shape index (κ1) is 8.47. The third kappa shape index (κ3) is 5.34. The van der Waals surface area contributed by atoms with Crippen molar-refractivity contribution in [3.63, 3.8) is 0 Å². The maximum Gasteiger partial charge on any atom is 0.306 e. The maximum absolute atomic E-state index is 10.6. The van der Waals surface area contributed by atoms with Crippen molar-refractivity contribution in [3.05, 3.63) is 6.10 Å². The molecule has 0 fully saturated rings. The molecule has 0 saturated heterocycles. The molecule has 0 aromatic heterocycles. The van der Waals surface area contributed by atoms with Gasteiger partial charge in [-0.2, -0.15) is 0 Å². The van der Waals surface area contributed by atoms with Crippen molar-refractivity contribution in [3.8, 4) is 0 Å². The predicted octanol–water partition coefficient (Wildman–Crippen LogP) is 1.90. The average Bonchev–Trinajstić information content (AvgIpc) is 1.63. The Hall–Kier alpha value is -0.530. The second kappa shape index (κ2) is 4.36. The van der Waals surface area contributed by atoms with Crippen molar-refractivity contribution in [2.45, 2.75) is 33.6 Å². The summed E-state index contributed by atoms with van der Waals surface area (Å²) in [6, 6.07) is 0. The number of hydrogen-bond acceptors (Lipinski definition) is 2. The molecular formula is C7H13O2. The molecule has 9 heavy (non-hydrogen) atoms. The zero-order chi connectivity index (χ0) is 7.28. The Morgan fingerprint density at radius 1 is 1.44 bits per heavy atom. The van der Waals surface area contributed by atoms with Crippen LogP contribution >= 0.6 is 0 Å². The van der Waals surface area contributed by atoms with E-state index in [9.17, 15) is 4.79 Å². The topological polar surface area (TPSA) is 26.3 Å². The minimum atomic E-state index is -0.127. The molecule has 0 aliphatic heterocycles. The average molecular weight is 129 g/mol. The maximum atomic E-state index is 10.6. The van der Waals surface area contributed by atoms with Gasteiger partial charge in [0.25, 0.3) is 0 Å². The third-order valence-corrected chi connectivity index (χ3v) is 0.772. The minimum absolute atomic E-state index is 0.127. The van der Waals surface area contributed by atoms with Gasteiger partial charge in [0.15, 0.2) is 0 Å². The second-order valence-electron chi connectivity index (χ2n) is 2.13. The van der Waals surface area contributed by atoms with Crippen molar-refractivity contribution in [2.75, 3.05) is 0 Å². The van der Waals surface area contributed by atoms with E-state index < -0.39 is 0 Å². The van der Waals surface area contributed by atoms with Crippen LogP contribution in [0.25, 0.3) is 0 Å². The van der Waals surface area contributed by atoms with Gasteiger partial charge in [0.2, 0.25) is 0 Å². The van der Waals surface area contributed by atoms with Gasteiger partial charge in [0.1, 0.15) is 6.10 Å². The van der Waals surface area contributed by atoms with E-state index in [1.165, 1.54) is 0 Å². The highest BCUT2D eigenvalue weighted by molar-refractivity contribution is 5.69. The molecule has 0 amide bonds. The smallest absolute Gasteiger partial charge is 0.306 e. The first-order chi connectivity index (χ1) is 4.16. The van der Waals surface area contributed by atoms with Gasteiger partial charge in [-0.1, -0.05) is 6.92 Å². The fraction of sp³-hybridized carbons (Fsp3) is 0.714. The van der Waals surface area contributed by atoms with E-state index in [1.807, 2.05) is 6.92 Å². The van der Waals surface area contributed by atoms with E-state index in [-0.39, 0.29) is 5.97 Å². The van der Waals surface area contributed by atoms with Crippen LogP contribution in [0, 0.1) is 6.10 Å². The number of ether oxygens (including phenoxy) is 1. The predicted molar refractivity (Wildman–Crippen MR) is 35.6 cm³/mol. The van der Waals surface area contributed by atoms with Gasteiger partial charge in [-0.15, -0.1) is 0 Å². The summed E-state index contributed by atoms with van der Waals surface area (Å²) < 4.78 is 4.77. The lowest BCUT2D eigenvalue weighted by Gasteiger charge is -2.03.